The standard InChI is InChI=1S/C29H36N2O5S/c1-16-15-29(26(35)36-28(6,7)8)21(17(16)2)20(25(33)34)22(23-30-13-14-37-23)31(29)24(32)18-9-11-19(12-10-18)27(3,4)5/h9-14,16-17,22H,15H2,1-8H3,(H,33,34)/t16?,17?,22?,29-/m0/s1. The fraction of sp³-hybridized carbons (Fsp3) is 0.517. The lowest BCUT2D eigenvalue weighted by Gasteiger charge is -2.40. The smallest absolute Gasteiger partial charge is 0.337 e. The van der Waals surface area contributed by atoms with E-state index < -0.39 is 35.0 Å². The summed E-state index contributed by atoms with van der Waals surface area (Å²) in [5, 5.41) is 12.7. The third-order valence-corrected chi connectivity index (χ3v) is 8.30. The monoisotopic (exact) mass is 524 g/mol. The minimum Gasteiger partial charge on any atom is -0.478 e. The number of fused-ring (bicyclic) bond motifs is 1. The van der Waals surface area contributed by atoms with Gasteiger partial charge in [-0.15, -0.1) is 11.3 Å². The Morgan fingerprint density at radius 3 is 2.19 bits per heavy atom. The topological polar surface area (TPSA) is 96.8 Å². The van der Waals surface area contributed by atoms with Gasteiger partial charge < -0.3 is 14.7 Å². The maximum atomic E-state index is 14.4. The van der Waals surface area contributed by atoms with Crippen LogP contribution in [0.4, 0.5) is 0 Å². The zero-order valence-electron chi connectivity index (χ0n) is 22.8. The lowest BCUT2D eigenvalue weighted by molar-refractivity contribution is -0.166. The van der Waals surface area contributed by atoms with Gasteiger partial charge in [-0.05, 0) is 67.7 Å². The van der Waals surface area contributed by atoms with Gasteiger partial charge in [0, 0.05) is 17.1 Å². The highest BCUT2D eigenvalue weighted by Crippen LogP contribution is 2.59. The molecule has 1 saturated carbocycles. The number of benzene rings is 1. The highest BCUT2D eigenvalue weighted by Gasteiger charge is 2.67. The van der Waals surface area contributed by atoms with Crippen LogP contribution in [0.3, 0.4) is 0 Å². The predicted octanol–water partition coefficient (Wildman–Crippen LogP) is 5.78. The number of nitrogens with zero attached hydrogens (tertiary/aromatic N) is 2. The average molecular weight is 525 g/mol. The van der Waals surface area contributed by atoms with E-state index in [0.717, 1.165) is 5.56 Å². The van der Waals surface area contributed by atoms with Crippen molar-refractivity contribution in [3.8, 4) is 0 Å². The van der Waals surface area contributed by atoms with Crippen molar-refractivity contribution in [1.29, 1.82) is 0 Å². The van der Waals surface area contributed by atoms with E-state index in [-0.39, 0.29) is 29.2 Å². The molecule has 2 aromatic rings. The van der Waals surface area contributed by atoms with Crippen molar-refractivity contribution in [3.05, 3.63) is 63.1 Å². The first-order valence-electron chi connectivity index (χ1n) is 12.6. The van der Waals surface area contributed by atoms with Gasteiger partial charge in [0.2, 0.25) is 0 Å². The summed E-state index contributed by atoms with van der Waals surface area (Å²) in [5.41, 5.74) is -0.488. The van der Waals surface area contributed by atoms with E-state index in [4.69, 9.17) is 4.74 Å². The van der Waals surface area contributed by atoms with E-state index in [1.807, 2.05) is 26.0 Å². The zero-order valence-corrected chi connectivity index (χ0v) is 23.6. The summed E-state index contributed by atoms with van der Waals surface area (Å²) in [6.45, 7) is 15.5. The summed E-state index contributed by atoms with van der Waals surface area (Å²) < 4.78 is 5.92. The molecule has 1 fully saturated rings. The Morgan fingerprint density at radius 2 is 1.70 bits per heavy atom. The first-order valence-corrected chi connectivity index (χ1v) is 13.5. The van der Waals surface area contributed by atoms with E-state index in [9.17, 15) is 19.5 Å². The largest absolute Gasteiger partial charge is 0.478 e. The molecule has 1 amide bonds. The van der Waals surface area contributed by atoms with Crippen LogP contribution in [-0.2, 0) is 19.7 Å². The Morgan fingerprint density at radius 1 is 1.08 bits per heavy atom. The fourth-order valence-electron chi connectivity index (χ4n) is 5.64. The molecular formula is C29H36N2O5S. The summed E-state index contributed by atoms with van der Waals surface area (Å²) in [6, 6.07) is 6.34. The molecule has 4 atom stereocenters. The maximum Gasteiger partial charge on any atom is 0.337 e. The lowest BCUT2D eigenvalue weighted by Crippen LogP contribution is -2.56. The lowest BCUT2D eigenvalue weighted by atomic mass is 9.86. The number of amides is 1. The van der Waals surface area contributed by atoms with Crippen LogP contribution in [-0.4, -0.2) is 44.0 Å². The highest BCUT2D eigenvalue weighted by molar-refractivity contribution is 7.09. The second kappa shape index (κ2) is 9.08. The molecule has 0 saturated heterocycles. The van der Waals surface area contributed by atoms with Gasteiger partial charge >= 0.3 is 11.9 Å². The molecule has 1 aliphatic carbocycles. The molecular weight excluding hydrogens is 488 g/mol. The predicted molar refractivity (Wildman–Crippen MR) is 142 cm³/mol. The molecule has 2 heterocycles. The van der Waals surface area contributed by atoms with Crippen molar-refractivity contribution in [3.63, 3.8) is 0 Å². The molecule has 0 radical (unpaired) electrons. The van der Waals surface area contributed by atoms with E-state index in [0.29, 0.717) is 16.1 Å². The SMILES string of the molecule is CC1C[C@@]2(C(=O)OC(C)(C)C)C(=C(C(=O)O)C(c3nccs3)N2C(=O)c2ccc(C(C)(C)C)cc2)C1C. The van der Waals surface area contributed by atoms with E-state index in [1.165, 1.54) is 16.2 Å². The number of aromatic nitrogens is 1. The van der Waals surface area contributed by atoms with Crippen molar-refractivity contribution >= 4 is 29.2 Å². The molecule has 2 aliphatic rings. The number of hydrogen-bond donors (Lipinski definition) is 1. The Hall–Kier alpha value is -3.00. The number of aliphatic carboxylic acids is 1. The van der Waals surface area contributed by atoms with E-state index in [2.05, 4.69) is 25.8 Å². The van der Waals surface area contributed by atoms with Crippen LogP contribution >= 0.6 is 11.3 Å². The minimum absolute atomic E-state index is 0.0346. The van der Waals surface area contributed by atoms with Gasteiger partial charge in [0.05, 0.1) is 5.57 Å². The molecule has 198 valence electrons. The third-order valence-electron chi connectivity index (χ3n) is 7.47. The van der Waals surface area contributed by atoms with Crippen LogP contribution in [0.15, 0.2) is 47.0 Å². The van der Waals surface area contributed by atoms with Crippen molar-refractivity contribution < 1.29 is 24.2 Å². The Kier molecular flexibility index (Phi) is 6.64. The highest BCUT2D eigenvalue weighted by atomic mass is 32.1. The summed E-state index contributed by atoms with van der Waals surface area (Å²) in [5.74, 6) is -2.43. The number of carboxylic acid groups (broad SMARTS) is 1. The van der Waals surface area contributed by atoms with E-state index in [1.54, 1.807) is 44.5 Å². The Bertz CT molecular complexity index is 1250. The van der Waals surface area contributed by atoms with Crippen LogP contribution in [0.1, 0.15) is 88.8 Å². The van der Waals surface area contributed by atoms with Gasteiger partial charge in [-0.3, -0.25) is 4.79 Å². The number of carboxylic acids is 1. The molecule has 4 rings (SSSR count). The number of hydrogen-bond acceptors (Lipinski definition) is 6. The summed E-state index contributed by atoms with van der Waals surface area (Å²) in [7, 11) is 0. The average Bonchev–Trinajstić information content (AvgIpc) is 3.46. The summed E-state index contributed by atoms with van der Waals surface area (Å²) in [6.07, 6.45) is 1.87. The molecule has 7 nitrogen and oxygen atoms in total. The molecule has 8 heteroatoms. The summed E-state index contributed by atoms with van der Waals surface area (Å²) >= 11 is 1.27. The van der Waals surface area contributed by atoms with Gasteiger partial charge in [0.15, 0.2) is 5.54 Å². The van der Waals surface area contributed by atoms with Crippen molar-refractivity contribution in [2.45, 2.75) is 84.4 Å². The zero-order chi connectivity index (χ0) is 27.5. The van der Waals surface area contributed by atoms with E-state index >= 15 is 0 Å². The van der Waals surface area contributed by atoms with Crippen molar-refractivity contribution in [2.75, 3.05) is 0 Å². The number of carbonyl (C=O) groups is 3. The van der Waals surface area contributed by atoms with Crippen molar-refractivity contribution in [2.24, 2.45) is 11.8 Å². The number of carbonyl (C=O) groups excluding carboxylic acids is 2. The molecule has 37 heavy (non-hydrogen) atoms. The van der Waals surface area contributed by atoms with Gasteiger partial charge in [0.25, 0.3) is 5.91 Å². The number of rotatable bonds is 4. The molecule has 1 N–H and O–H groups in total. The van der Waals surface area contributed by atoms with Gasteiger partial charge in [-0.2, -0.15) is 0 Å². The minimum atomic E-state index is -1.53. The molecule has 3 unspecified atom stereocenters. The van der Waals surface area contributed by atoms with Crippen LogP contribution < -0.4 is 0 Å². The Balaban J connectivity index is 1.97. The van der Waals surface area contributed by atoms with Crippen LogP contribution in [0.2, 0.25) is 0 Å². The number of ether oxygens (including phenoxy) is 1. The maximum absolute atomic E-state index is 14.4. The van der Waals surface area contributed by atoms with Gasteiger partial charge in [-0.25, -0.2) is 14.6 Å². The third kappa shape index (κ3) is 4.49. The number of thiazole rings is 1. The quantitative estimate of drug-likeness (QED) is 0.510. The van der Waals surface area contributed by atoms with Gasteiger partial charge in [-0.1, -0.05) is 46.8 Å². The second-order valence-corrected chi connectivity index (χ2v) is 13.2. The second-order valence-electron chi connectivity index (χ2n) is 12.2. The fourth-order valence-corrected chi connectivity index (χ4v) is 6.37. The number of esters is 1. The molecule has 0 bridgehead atoms. The normalized spacial score (nSPS) is 25.8. The molecule has 0 spiro atoms. The first-order chi connectivity index (χ1) is 17.1. The van der Waals surface area contributed by atoms with Crippen LogP contribution in [0.25, 0.3) is 0 Å². The van der Waals surface area contributed by atoms with Crippen LogP contribution in [0.5, 0.6) is 0 Å². The van der Waals surface area contributed by atoms with Gasteiger partial charge in [0.1, 0.15) is 16.7 Å². The summed E-state index contributed by atoms with van der Waals surface area (Å²) in [4.78, 5) is 47.2. The van der Waals surface area contributed by atoms with Crippen molar-refractivity contribution in [1.82, 2.24) is 9.88 Å². The Labute approximate surface area is 222 Å². The molecule has 1 aliphatic heterocycles. The molecule has 1 aromatic heterocycles. The first kappa shape index (κ1) is 27.0. The molecule has 1 aromatic carbocycles. The van der Waals surface area contributed by atoms with Crippen LogP contribution in [0, 0.1) is 11.8 Å².